The highest BCUT2D eigenvalue weighted by atomic mass is 16.6. The largest absolute Gasteiger partial charge is 0.508 e. The molecule has 3 aromatic heterocycles. The first-order chi connectivity index (χ1) is 28.6. The molecule has 1 saturated heterocycles. The molecule has 6 heterocycles. The summed E-state index contributed by atoms with van der Waals surface area (Å²) in [5.41, 5.74) is 8.81. The van der Waals surface area contributed by atoms with Crippen LogP contribution in [0.25, 0.3) is 22.3 Å². The third-order valence-corrected chi connectivity index (χ3v) is 12.2. The standard InChI is InChI=1S/C46H47N7O6/c1-29-38(44(55)50(3)34-8-10-36(54)11-9-34)25-41(49(29)2)39-23-31-14-17-52(46(57)59-42-13-16-48-43-37(42)12-15-47-43)26-33(31)24-40(39)45(56)53-27-32-7-5-4-6-30(32)22-35(53)28-51-18-20-58-21-19-51/h4-13,15-16,23-25,35,54H,14,17-22,26-28H2,1-3H3,(H,47,48)/t35-/m0/s1. The fourth-order valence-electron chi connectivity index (χ4n) is 8.71. The van der Waals surface area contributed by atoms with Gasteiger partial charge >= 0.3 is 6.09 Å². The topological polar surface area (TPSA) is 136 Å². The number of carbonyl (C=O) groups is 3. The van der Waals surface area contributed by atoms with Crippen LogP contribution in [0.3, 0.4) is 0 Å². The number of nitrogens with one attached hydrogen (secondary N) is 1. The monoisotopic (exact) mass is 793 g/mol. The number of pyridine rings is 1. The molecule has 2 N–H and O–H groups in total. The van der Waals surface area contributed by atoms with Gasteiger partial charge in [-0.1, -0.05) is 24.3 Å². The maximum atomic E-state index is 15.4. The van der Waals surface area contributed by atoms with Crippen molar-refractivity contribution in [1.82, 2.24) is 29.2 Å². The number of anilines is 1. The van der Waals surface area contributed by atoms with Gasteiger partial charge in [0.1, 0.15) is 17.1 Å². The van der Waals surface area contributed by atoms with Gasteiger partial charge in [-0.05, 0) is 90.6 Å². The minimum atomic E-state index is -0.474. The summed E-state index contributed by atoms with van der Waals surface area (Å²) < 4.78 is 13.6. The van der Waals surface area contributed by atoms with Crippen molar-refractivity contribution in [3.8, 4) is 22.8 Å². The number of phenolic OH excluding ortho intramolecular Hbond substituents is 1. The van der Waals surface area contributed by atoms with Gasteiger partial charge in [0.05, 0.1) is 24.2 Å². The van der Waals surface area contributed by atoms with Crippen molar-refractivity contribution < 1.29 is 29.0 Å². The summed E-state index contributed by atoms with van der Waals surface area (Å²) in [4.78, 5) is 58.2. The molecule has 3 aliphatic rings. The molecule has 1 atom stereocenters. The molecule has 0 bridgehead atoms. The summed E-state index contributed by atoms with van der Waals surface area (Å²) in [7, 11) is 3.64. The quantitative estimate of drug-likeness (QED) is 0.192. The molecule has 3 aliphatic heterocycles. The van der Waals surface area contributed by atoms with Gasteiger partial charge in [-0.3, -0.25) is 14.5 Å². The van der Waals surface area contributed by atoms with Crippen molar-refractivity contribution in [3.05, 3.63) is 130 Å². The fraction of sp³-hybridized carbons (Fsp3) is 0.304. The number of rotatable bonds is 7. The highest BCUT2D eigenvalue weighted by Gasteiger charge is 2.35. The van der Waals surface area contributed by atoms with Crippen molar-refractivity contribution >= 4 is 34.6 Å². The van der Waals surface area contributed by atoms with Gasteiger partial charge in [-0.25, -0.2) is 9.78 Å². The lowest BCUT2D eigenvalue weighted by molar-refractivity contribution is 0.0193. The van der Waals surface area contributed by atoms with Crippen molar-refractivity contribution in [2.75, 3.05) is 51.3 Å². The molecule has 302 valence electrons. The summed E-state index contributed by atoms with van der Waals surface area (Å²) in [6, 6.07) is 24.2. The number of fused-ring (bicyclic) bond motifs is 3. The average Bonchev–Trinajstić information content (AvgIpc) is 3.87. The molecule has 3 amide bonds. The Hall–Kier alpha value is -6.44. The molecule has 9 rings (SSSR count). The predicted octanol–water partition coefficient (Wildman–Crippen LogP) is 6.32. The second kappa shape index (κ2) is 15.7. The minimum absolute atomic E-state index is 0.0808. The molecule has 0 saturated carbocycles. The Morgan fingerprint density at radius 1 is 0.915 bits per heavy atom. The summed E-state index contributed by atoms with van der Waals surface area (Å²) in [6.07, 6.45) is 4.17. The molecular formula is C46H47N7O6. The number of aromatic nitrogens is 3. The zero-order chi connectivity index (χ0) is 40.8. The molecule has 59 heavy (non-hydrogen) atoms. The number of aromatic amines is 1. The third-order valence-electron chi connectivity index (χ3n) is 12.2. The van der Waals surface area contributed by atoms with E-state index in [1.54, 1.807) is 59.6 Å². The Morgan fingerprint density at radius 3 is 2.49 bits per heavy atom. The van der Waals surface area contributed by atoms with Gasteiger partial charge in [-0.2, -0.15) is 0 Å². The number of hydrogen-bond acceptors (Lipinski definition) is 8. The van der Waals surface area contributed by atoms with E-state index in [0.717, 1.165) is 65.1 Å². The van der Waals surface area contributed by atoms with Gasteiger partial charge in [0.2, 0.25) is 0 Å². The van der Waals surface area contributed by atoms with Crippen molar-refractivity contribution in [2.45, 2.75) is 38.9 Å². The van der Waals surface area contributed by atoms with E-state index in [1.165, 1.54) is 5.56 Å². The Labute approximate surface area is 342 Å². The van der Waals surface area contributed by atoms with E-state index in [2.05, 4.69) is 39.1 Å². The highest BCUT2D eigenvalue weighted by Crippen LogP contribution is 2.36. The second-order valence-corrected chi connectivity index (χ2v) is 15.7. The van der Waals surface area contributed by atoms with E-state index in [0.29, 0.717) is 60.9 Å². The number of aromatic hydroxyl groups is 1. The van der Waals surface area contributed by atoms with Crippen LogP contribution in [0.4, 0.5) is 10.5 Å². The average molecular weight is 794 g/mol. The number of H-pyrrole nitrogens is 1. The molecule has 0 aliphatic carbocycles. The van der Waals surface area contributed by atoms with Gasteiger partial charge in [-0.15, -0.1) is 0 Å². The molecule has 0 spiro atoms. The number of benzene rings is 3. The van der Waals surface area contributed by atoms with Crippen LogP contribution < -0.4 is 9.64 Å². The van der Waals surface area contributed by atoms with E-state index in [1.807, 2.05) is 47.7 Å². The molecule has 13 heteroatoms. The van der Waals surface area contributed by atoms with Crippen LogP contribution >= 0.6 is 0 Å². The summed E-state index contributed by atoms with van der Waals surface area (Å²) in [6.45, 7) is 6.74. The molecule has 1 fully saturated rings. The lowest BCUT2D eigenvalue weighted by Gasteiger charge is -2.41. The number of hydrogen-bond donors (Lipinski definition) is 2. The van der Waals surface area contributed by atoms with Crippen molar-refractivity contribution in [3.63, 3.8) is 0 Å². The molecule has 3 aromatic carbocycles. The van der Waals surface area contributed by atoms with Gasteiger partial charge in [0, 0.05) is 106 Å². The van der Waals surface area contributed by atoms with E-state index in [9.17, 15) is 14.7 Å². The minimum Gasteiger partial charge on any atom is -0.508 e. The lowest BCUT2D eigenvalue weighted by Crippen LogP contribution is -2.52. The Balaban J connectivity index is 1.10. The van der Waals surface area contributed by atoms with Gasteiger partial charge in [0.25, 0.3) is 11.8 Å². The smallest absolute Gasteiger partial charge is 0.415 e. The number of phenols is 1. The van der Waals surface area contributed by atoms with Crippen LogP contribution in [0.1, 0.15) is 48.7 Å². The number of nitrogens with zero attached hydrogens (tertiary/aromatic N) is 6. The van der Waals surface area contributed by atoms with Crippen molar-refractivity contribution in [2.24, 2.45) is 7.05 Å². The SMILES string of the molecule is Cc1c(C(=O)N(C)c2ccc(O)cc2)cc(-c2cc3c(cc2C(=O)N2Cc4ccccc4C[C@H]2CN2CCOCC2)CN(C(=O)Oc2ccnc4[nH]ccc24)CC3)n1C. The molecule has 0 radical (unpaired) electrons. The predicted molar refractivity (Wildman–Crippen MR) is 224 cm³/mol. The van der Waals surface area contributed by atoms with Crippen LogP contribution in [0.2, 0.25) is 0 Å². The third kappa shape index (κ3) is 7.32. The normalized spacial score (nSPS) is 16.8. The first-order valence-electron chi connectivity index (χ1n) is 20.1. The number of morpholine rings is 1. The number of ether oxygens (including phenoxy) is 2. The van der Waals surface area contributed by atoms with E-state index in [4.69, 9.17) is 9.47 Å². The molecule has 0 unspecified atom stereocenters. The first-order valence-corrected chi connectivity index (χ1v) is 20.1. The van der Waals surface area contributed by atoms with Crippen LogP contribution in [0.15, 0.2) is 91.3 Å². The summed E-state index contributed by atoms with van der Waals surface area (Å²) in [5.74, 6) is 0.235. The van der Waals surface area contributed by atoms with E-state index in [-0.39, 0.29) is 30.2 Å². The molecular weight excluding hydrogens is 747 g/mol. The van der Waals surface area contributed by atoms with E-state index >= 15 is 4.79 Å². The Bertz CT molecular complexity index is 2570. The Morgan fingerprint density at radius 2 is 1.69 bits per heavy atom. The maximum absolute atomic E-state index is 15.4. The van der Waals surface area contributed by atoms with Gasteiger partial charge < -0.3 is 38.8 Å². The second-order valence-electron chi connectivity index (χ2n) is 15.7. The number of amides is 3. The highest BCUT2D eigenvalue weighted by molar-refractivity contribution is 6.08. The Kier molecular flexibility index (Phi) is 10.2. The van der Waals surface area contributed by atoms with Gasteiger partial charge in [0.15, 0.2) is 0 Å². The lowest BCUT2D eigenvalue weighted by atomic mass is 9.89. The van der Waals surface area contributed by atoms with Crippen LogP contribution in [0, 0.1) is 6.92 Å². The fourth-order valence-corrected chi connectivity index (χ4v) is 8.71. The number of carbonyl (C=O) groups excluding carboxylic acids is 3. The van der Waals surface area contributed by atoms with E-state index < -0.39 is 6.09 Å². The maximum Gasteiger partial charge on any atom is 0.415 e. The molecule has 6 aromatic rings. The zero-order valence-corrected chi connectivity index (χ0v) is 33.5. The van der Waals surface area contributed by atoms with Crippen LogP contribution in [-0.2, 0) is 37.7 Å². The van der Waals surface area contributed by atoms with Crippen LogP contribution in [0.5, 0.6) is 11.5 Å². The van der Waals surface area contributed by atoms with Crippen LogP contribution in [-0.4, -0.2) is 105 Å². The zero-order valence-electron chi connectivity index (χ0n) is 33.5. The molecule has 13 nitrogen and oxygen atoms in total. The summed E-state index contributed by atoms with van der Waals surface area (Å²) >= 11 is 0. The van der Waals surface area contributed by atoms with Crippen molar-refractivity contribution in [1.29, 1.82) is 0 Å². The summed E-state index contributed by atoms with van der Waals surface area (Å²) in [5, 5.41) is 10.6. The first kappa shape index (κ1) is 38.1.